The van der Waals surface area contributed by atoms with Gasteiger partial charge in [-0.1, -0.05) is 35.9 Å². The Morgan fingerprint density at radius 2 is 1.60 bits per heavy atom. The zero-order valence-electron chi connectivity index (χ0n) is 10.9. The predicted molar refractivity (Wildman–Crippen MR) is 71.2 cm³/mol. The van der Waals surface area contributed by atoms with Gasteiger partial charge in [0.15, 0.2) is 0 Å². The number of aryl methyl sites for hydroxylation is 1. The largest absolute Gasteiger partial charge is 0.573 e. The highest BCUT2D eigenvalue weighted by molar-refractivity contribution is 5.66. The van der Waals surface area contributed by atoms with Crippen LogP contribution in [0.25, 0.3) is 11.1 Å². The first kappa shape index (κ1) is 14.4. The second-order valence-electron chi connectivity index (χ2n) is 4.44. The molecule has 2 rings (SSSR count). The third-order valence-corrected chi connectivity index (χ3v) is 2.89. The van der Waals surface area contributed by atoms with Gasteiger partial charge in [-0.2, -0.15) is 0 Å². The Kier molecular flexibility index (Phi) is 3.99. The van der Waals surface area contributed by atoms with Crippen LogP contribution in [0.1, 0.15) is 11.1 Å². The predicted octanol–water partition coefficient (Wildman–Crippen LogP) is 4.02. The molecule has 0 aliphatic rings. The molecule has 2 aromatic rings. The highest BCUT2D eigenvalue weighted by atomic mass is 19.4. The molecule has 0 unspecified atom stereocenters. The summed E-state index contributed by atoms with van der Waals surface area (Å²) in [4.78, 5) is 0. The summed E-state index contributed by atoms with van der Waals surface area (Å²) in [5, 5.41) is 0. The molecule has 0 radical (unpaired) electrons. The van der Waals surface area contributed by atoms with Crippen molar-refractivity contribution in [3.8, 4) is 16.9 Å². The van der Waals surface area contributed by atoms with Gasteiger partial charge in [-0.15, -0.1) is 13.2 Å². The lowest BCUT2D eigenvalue weighted by molar-refractivity contribution is -0.274. The number of hydrogen-bond acceptors (Lipinski definition) is 2. The van der Waals surface area contributed by atoms with E-state index in [0.717, 1.165) is 16.7 Å². The molecule has 0 aromatic heterocycles. The van der Waals surface area contributed by atoms with Crippen LogP contribution in [0.2, 0.25) is 0 Å². The van der Waals surface area contributed by atoms with Crippen LogP contribution in [-0.2, 0) is 6.54 Å². The third-order valence-electron chi connectivity index (χ3n) is 2.89. The molecule has 0 aliphatic heterocycles. The highest BCUT2D eigenvalue weighted by Crippen LogP contribution is 2.30. The Morgan fingerprint density at radius 3 is 2.15 bits per heavy atom. The summed E-state index contributed by atoms with van der Waals surface area (Å²) in [6, 6.07) is 12.2. The van der Waals surface area contributed by atoms with Gasteiger partial charge < -0.3 is 10.5 Å². The Labute approximate surface area is 115 Å². The summed E-state index contributed by atoms with van der Waals surface area (Å²) in [7, 11) is 0. The fourth-order valence-electron chi connectivity index (χ4n) is 1.89. The Morgan fingerprint density at radius 1 is 1.00 bits per heavy atom. The zero-order chi connectivity index (χ0) is 14.8. The van der Waals surface area contributed by atoms with E-state index in [1.807, 2.05) is 31.2 Å². The number of halogens is 3. The standard InChI is InChI=1S/C15H14F3NO/c1-10-2-4-11(5-3-10)12-6-7-14(13(8-12)9-19)20-15(16,17)18/h2-8H,9,19H2,1H3. The van der Waals surface area contributed by atoms with Crippen molar-refractivity contribution < 1.29 is 17.9 Å². The summed E-state index contributed by atoms with van der Waals surface area (Å²) in [5.41, 5.74) is 8.65. The van der Waals surface area contributed by atoms with E-state index in [1.54, 1.807) is 12.1 Å². The van der Waals surface area contributed by atoms with E-state index < -0.39 is 6.36 Å². The Balaban J connectivity index is 2.36. The van der Waals surface area contributed by atoms with Crippen LogP contribution in [-0.4, -0.2) is 6.36 Å². The van der Waals surface area contributed by atoms with Gasteiger partial charge in [-0.3, -0.25) is 0 Å². The first-order valence-electron chi connectivity index (χ1n) is 6.05. The summed E-state index contributed by atoms with van der Waals surface area (Å²) >= 11 is 0. The monoisotopic (exact) mass is 281 g/mol. The van der Waals surface area contributed by atoms with Crippen molar-refractivity contribution in [2.75, 3.05) is 0 Å². The van der Waals surface area contributed by atoms with Crippen molar-refractivity contribution in [3.05, 3.63) is 53.6 Å². The first-order valence-corrected chi connectivity index (χ1v) is 6.05. The quantitative estimate of drug-likeness (QED) is 0.922. The molecule has 5 heteroatoms. The molecular weight excluding hydrogens is 267 g/mol. The number of alkyl halides is 3. The van der Waals surface area contributed by atoms with E-state index in [1.165, 1.54) is 6.07 Å². The van der Waals surface area contributed by atoms with E-state index in [0.29, 0.717) is 5.56 Å². The number of hydrogen-bond donors (Lipinski definition) is 1. The summed E-state index contributed by atoms with van der Waals surface area (Å²) in [6.07, 6.45) is -4.71. The Bertz CT molecular complexity index is 591. The van der Waals surface area contributed by atoms with Crippen LogP contribution in [0.5, 0.6) is 5.75 Å². The molecule has 0 amide bonds. The van der Waals surface area contributed by atoms with Crippen molar-refractivity contribution >= 4 is 0 Å². The lowest BCUT2D eigenvalue weighted by Gasteiger charge is -2.13. The van der Waals surface area contributed by atoms with Crippen LogP contribution >= 0.6 is 0 Å². The molecule has 2 nitrogen and oxygen atoms in total. The molecule has 0 saturated heterocycles. The maximum Gasteiger partial charge on any atom is 0.573 e. The van der Waals surface area contributed by atoms with Crippen molar-refractivity contribution in [2.24, 2.45) is 5.73 Å². The Hall–Kier alpha value is -2.01. The lowest BCUT2D eigenvalue weighted by Crippen LogP contribution is -2.18. The minimum absolute atomic E-state index is 0.0227. The van der Waals surface area contributed by atoms with Gasteiger partial charge in [0.2, 0.25) is 0 Å². The van der Waals surface area contributed by atoms with E-state index in [-0.39, 0.29) is 12.3 Å². The number of rotatable bonds is 3. The first-order chi connectivity index (χ1) is 9.39. The minimum Gasteiger partial charge on any atom is -0.405 e. The van der Waals surface area contributed by atoms with Gasteiger partial charge in [-0.25, -0.2) is 0 Å². The molecule has 0 spiro atoms. The van der Waals surface area contributed by atoms with E-state index >= 15 is 0 Å². The van der Waals surface area contributed by atoms with Crippen LogP contribution in [0.3, 0.4) is 0 Å². The number of benzene rings is 2. The van der Waals surface area contributed by atoms with Crippen molar-refractivity contribution in [3.63, 3.8) is 0 Å². The average Bonchev–Trinajstić information content (AvgIpc) is 2.38. The third kappa shape index (κ3) is 3.51. The topological polar surface area (TPSA) is 35.2 Å². The molecule has 20 heavy (non-hydrogen) atoms. The van der Waals surface area contributed by atoms with Crippen LogP contribution in [0.15, 0.2) is 42.5 Å². The zero-order valence-corrected chi connectivity index (χ0v) is 10.9. The maximum atomic E-state index is 12.3. The van der Waals surface area contributed by atoms with Crippen molar-refractivity contribution in [1.29, 1.82) is 0 Å². The summed E-state index contributed by atoms with van der Waals surface area (Å²) in [5.74, 6) is -0.254. The van der Waals surface area contributed by atoms with Gasteiger partial charge in [0.1, 0.15) is 5.75 Å². The minimum atomic E-state index is -4.71. The molecule has 2 N–H and O–H groups in total. The smallest absolute Gasteiger partial charge is 0.405 e. The van der Waals surface area contributed by atoms with Gasteiger partial charge in [0, 0.05) is 12.1 Å². The molecule has 0 saturated carbocycles. The fourth-order valence-corrected chi connectivity index (χ4v) is 1.89. The molecule has 0 heterocycles. The van der Waals surface area contributed by atoms with Crippen LogP contribution in [0.4, 0.5) is 13.2 Å². The molecule has 0 atom stereocenters. The van der Waals surface area contributed by atoms with Crippen molar-refractivity contribution in [2.45, 2.75) is 19.8 Å². The molecular formula is C15H14F3NO. The van der Waals surface area contributed by atoms with E-state index in [4.69, 9.17) is 5.73 Å². The van der Waals surface area contributed by atoms with Crippen LogP contribution in [0, 0.1) is 6.92 Å². The summed E-state index contributed by atoms with van der Waals surface area (Å²) in [6.45, 7) is 1.94. The normalized spacial score (nSPS) is 11.4. The van der Waals surface area contributed by atoms with Crippen LogP contribution < -0.4 is 10.5 Å². The molecule has 0 fully saturated rings. The SMILES string of the molecule is Cc1ccc(-c2ccc(OC(F)(F)F)c(CN)c2)cc1. The van der Waals surface area contributed by atoms with Gasteiger partial charge in [0.05, 0.1) is 0 Å². The second kappa shape index (κ2) is 5.54. The van der Waals surface area contributed by atoms with Gasteiger partial charge >= 0.3 is 6.36 Å². The fraction of sp³-hybridized carbons (Fsp3) is 0.200. The molecule has 2 aromatic carbocycles. The van der Waals surface area contributed by atoms with Gasteiger partial charge in [0.25, 0.3) is 0 Å². The molecule has 0 bridgehead atoms. The van der Waals surface area contributed by atoms with Gasteiger partial charge in [-0.05, 0) is 30.2 Å². The second-order valence-corrected chi connectivity index (χ2v) is 4.44. The van der Waals surface area contributed by atoms with E-state index in [2.05, 4.69) is 4.74 Å². The van der Waals surface area contributed by atoms with Crippen molar-refractivity contribution in [1.82, 2.24) is 0 Å². The van der Waals surface area contributed by atoms with E-state index in [9.17, 15) is 13.2 Å². The molecule has 106 valence electrons. The molecule has 0 aliphatic carbocycles. The summed E-state index contributed by atoms with van der Waals surface area (Å²) < 4.78 is 40.7. The average molecular weight is 281 g/mol. The highest BCUT2D eigenvalue weighted by Gasteiger charge is 2.31. The lowest BCUT2D eigenvalue weighted by atomic mass is 10.0. The number of ether oxygens (including phenoxy) is 1. The number of nitrogens with two attached hydrogens (primary N) is 1. The maximum absolute atomic E-state index is 12.3.